The lowest BCUT2D eigenvalue weighted by molar-refractivity contribution is -0.136. The van der Waals surface area contributed by atoms with Crippen LogP contribution in [0.4, 0.5) is 17.3 Å². The third kappa shape index (κ3) is 4.69. The van der Waals surface area contributed by atoms with Gasteiger partial charge in [-0.1, -0.05) is 11.6 Å². The predicted molar refractivity (Wildman–Crippen MR) is 133 cm³/mol. The summed E-state index contributed by atoms with van der Waals surface area (Å²) < 4.78 is 0. The fraction of sp³-hybridized carbons (Fsp3) is 0.520. The number of rotatable bonds is 4. The van der Waals surface area contributed by atoms with E-state index >= 15 is 0 Å². The van der Waals surface area contributed by atoms with E-state index in [9.17, 15) is 9.59 Å². The highest BCUT2D eigenvalue weighted by molar-refractivity contribution is 6.30. The predicted octanol–water partition coefficient (Wildman–Crippen LogP) is 3.21. The maximum absolute atomic E-state index is 13.1. The summed E-state index contributed by atoms with van der Waals surface area (Å²) in [5.41, 5.74) is 0.787. The minimum absolute atomic E-state index is 0.0160. The number of anilines is 3. The lowest BCUT2D eigenvalue weighted by Crippen LogP contribution is -2.51. The van der Waals surface area contributed by atoms with Crippen molar-refractivity contribution < 1.29 is 9.59 Å². The number of halogens is 1. The average Bonchev–Trinajstić information content (AvgIpc) is 3.26. The van der Waals surface area contributed by atoms with Crippen LogP contribution in [0.5, 0.6) is 0 Å². The van der Waals surface area contributed by atoms with Crippen LogP contribution in [-0.2, 0) is 9.59 Å². The molecule has 4 heterocycles. The molecule has 1 aromatic heterocycles. The summed E-state index contributed by atoms with van der Waals surface area (Å²) in [7, 11) is 0. The molecule has 2 amide bonds. The van der Waals surface area contributed by atoms with E-state index in [1.807, 2.05) is 23.1 Å². The van der Waals surface area contributed by atoms with Gasteiger partial charge in [0.25, 0.3) is 0 Å². The zero-order valence-corrected chi connectivity index (χ0v) is 20.3. The number of benzene rings is 1. The topological polar surface area (TPSA) is 72.9 Å². The quantitative estimate of drug-likeness (QED) is 0.666. The first-order valence-electron chi connectivity index (χ1n) is 12.2. The van der Waals surface area contributed by atoms with Crippen LogP contribution >= 0.6 is 11.6 Å². The number of aromatic nitrogens is 2. The molecule has 3 saturated heterocycles. The number of carbonyl (C=O) groups excluding carboxylic acids is 2. The van der Waals surface area contributed by atoms with Gasteiger partial charge in [0.05, 0.1) is 5.92 Å². The fourth-order valence-corrected chi connectivity index (χ4v) is 5.36. The van der Waals surface area contributed by atoms with Crippen molar-refractivity contribution in [3.8, 4) is 0 Å². The Kier molecular flexibility index (Phi) is 6.59. The number of piperidine rings is 1. The van der Waals surface area contributed by atoms with Gasteiger partial charge < -0.3 is 19.6 Å². The number of hydrogen-bond acceptors (Lipinski definition) is 6. The number of carbonyl (C=O) groups is 2. The van der Waals surface area contributed by atoms with Crippen molar-refractivity contribution in [2.24, 2.45) is 5.92 Å². The molecular formula is C25H31ClN6O2. The van der Waals surface area contributed by atoms with Gasteiger partial charge in [-0.2, -0.15) is 0 Å². The van der Waals surface area contributed by atoms with Gasteiger partial charge in [0.15, 0.2) is 11.6 Å². The summed E-state index contributed by atoms with van der Waals surface area (Å²) in [4.78, 5) is 33.8. The Bertz CT molecular complexity index is 1020. The third-order valence-electron chi connectivity index (χ3n) is 7.26. The first-order valence-corrected chi connectivity index (χ1v) is 12.6. The molecule has 8 nitrogen and oxygen atoms in total. The zero-order chi connectivity index (χ0) is 23.7. The number of hydrogen-bond donors (Lipinski definition) is 0. The van der Waals surface area contributed by atoms with Crippen LogP contribution in [0.3, 0.4) is 0 Å². The summed E-state index contributed by atoms with van der Waals surface area (Å²) >= 11 is 5.96. The van der Waals surface area contributed by atoms with Crippen molar-refractivity contribution in [3.63, 3.8) is 0 Å². The Labute approximate surface area is 205 Å². The van der Waals surface area contributed by atoms with Crippen molar-refractivity contribution in [3.05, 3.63) is 41.4 Å². The van der Waals surface area contributed by atoms with Crippen LogP contribution in [-0.4, -0.2) is 72.2 Å². The number of nitrogens with zero attached hydrogens (tertiary/aromatic N) is 6. The summed E-state index contributed by atoms with van der Waals surface area (Å²) in [6.07, 6.45) is 3.93. The Morgan fingerprint density at radius 2 is 1.65 bits per heavy atom. The van der Waals surface area contributed by atoms with Crippen molar-refractivity contribution in [1.29, 1.82) is 0 Å². The average molecular weight is 483 g/mol. The van der Waals surface area contributed by atoms with E-state index in [2.05, 4.69) is 33.0 Å². The molecule has 5 rings (SSSR count). The molecule has 0 radical (unpaired) electrons. The minimum atomic E-state index is -0.305. The Balaban J connectivity index is 1.16. The fourth-order valence-electron chi connectivity index (χ4n) is 5.24. The smallest absolute Gasteiger partial charge is 0.228 e. The Morgan fingerprint density at radius 3 is 2.32 bits per heavy atom. The normalized spacial score (nSPS) is 23.5. The second-order valence-electron chi connectivity index (χ2n) is 9.48. The standard InChI is InChI=1S/C25H31ClN6O2/c1-18-4-2-3-11-31(18)23-10-9-22(27-28-23)29-12-14-30(15-13-29)25(34)19-16-24(33)32(17-19)21-7-5-20(26)6-8-21/h5-10,18-19H,2-4,11-17H2,1H3. The van der Waals surface area contributed by atoms with Gasteiger partial charge in [-0.25, -0.2) is 0 Å². The summed E-state index contributed by atoms with van der Waals surface area (Å²) in [6.45, 7) is 6.37. The highest BCUT2D eigenvalue weighted by Gasteiger charge is 2.38. The molecule has 0 saturated carbocycles. The second-order valence-corrected chi connectivity index (χ2v) is 9.92. The van der Waals surface area contributed by atoms with Gasteiger partial charge >= 0.3 is 0 Å². The van der Waals surface area contributed by atoms with Crippen molar-refractivity contribution >= 4 is 40.7 Å². The number of amides is 2. The van der Waals surface area contributed by atoms with E-state index in [4.69, 9.17) is 11.6 Å². The SMILES string of the molecule is CC1CCCCN1c1ccc(N2CCN(C(=O)C3CC(=O)N(c4ccc(Cl)cc4)C3)CC2)nn1. The van der Waals surface area contributed by atoms with E-state index in [0.717, 1.165) is 23.9 Å². The molecule has 1 aromatic carbocycles. The molecule has 2 aromatic rings. The molecule has 3 fully saturated rings. The van der Waals surface area contributed by atoms with Gasteiger partial charge in [-0.15, -0.1) is 10.2 Å². The van der Waals surface area contributed by atoms with E-state index in [1.54, 1.807) is 17.0 Å². The van der Waals surface area contributed by atoms with E-state index < -0.39 is 0 Å². The lowest BCUT2D eigenvalue weighted by atomic mass is 10.0. The molecular weight excluding hydrogens is 452 g/mol. The lowest BCUT2D eigenvalue weighted by Gasteiger charge is -2.37. The molecule has 0 N–H and O–H groups in total. The molecule has 0 spiro atoms. The molecule has 9 heteroatoms. The van der Waals surface area contributed by atoms with Crippen LogP contribution in [0.2, 0.25) is 5.02 Å². The van der Waals surface area contributed by atoms with Crippen LogP contribution in [0.15, 0.2) is 36.4 Å². The largest absolute Gasteiger partial charge is 0.352 e. The van der Waals surface area contributed by atoms with Crippen LogP contribution < -0.4 is 14.7 Å². The van der Waals surface area contributed by atoms with Crippen LogP contribution in [0.25, 0.3) is 0 Å². The molecule has 180 valence electrons. The van der Waals surface area contributed by atoms with Crippen molar-refractivity contribution in [1.82, 2.24) is 15.1 Å². The van der Waals surface area contributed by atoms with Gasteiger partial charge in [-0.3, -0.25) is 9.59 Å². The highest BCUT2D eigenvalue weighted by Crippen LogP contribution is 2.28. The van der Waals surface area contributed by atoms with Crippen molar-refractivity contribution in [2.45, 2.75) is 38.6 Å². The van der Waals surface area contributed by atoms with Crippen LogP contribution in [0.1, 0.15) is 32.6 Å². The van der Waals surface area contributed by atoms with Gasteiger partial charge in [0, 0.05) is 62.4 Å². The molecule has 34 heavy (non-hydrogen) atoms. The Hall–Kier alpha value is -2.87. The van der Waals surface area contributed by atoms with Gasteiger partial charge in [-0.05, 0) is 62.6 Å². The van der Waals surface area contributed by atoms with Crippen molar-refractivity contribution in [2.75, 3.05) is 54.0 Å². The molecule has 0 bridgehead atoms. The third-order valence-corrected chi connectivity index (χ3v) is 7.51. The van der Waals surface area contributed by atoms with Gasteiger partial charge in [0.2, 0.25) is 11.8 Å². The van der Waals surface area contributed by atoms with Gasteiger partial charge in [0.1, 0.15) is 0 Å². The van der Waals surface area contributed by atoms with E-state index in [-0.39, 0.29) is 24.2 Å². The molecule has 3 aliphatic heterocycles. The monoisotopic (exact) mass is 482 g/mol. The van der Waals surface area contributed by atoms with E-state index in [1.165, 1.54) is 19.3 Å². The molecule has 0 aliphatic carbocycles. The Morgan fingerprint density at radius 1 is 0.941 bits per heavy atom. The molecule has 2 unspecified atom stereocenters. The summed E-state index contributed by atoms with van der Waals surface area (Å²) in [5, 5.41) is 9.61. The summed E-state index contributed by atoms with van der Waals surface area (Å²) in [6, 6.07) is 11.8. The molecule has 2 atom stereocenters. The second kappa shape index (κ2) is 9.78. The minimum Gasteiger partial charge on any atom is -0.352 e. The van der Waals surface area contributed by atoms with Crippen LogP contribution in [0, 0.1) is 5.92 Å². The first-order chi connectivity index (χ1) is 16.5. The molecule has 3 aliphatic rings. The maximum atomic E-state index is 13.1. The highest BCUT2D eigenvalue weighted by atomic mass is 35.5. The first kappa shape index (κ1) is 22.9. The van der Waals surface area contributed by atoms with E-state index in [0.29, 0.717) is 43.8 Å². The summed E-state index contributed by atoms with van der Waals surface area (Å²) in [5.74, 6) is 1.54. The maximum Gasteiger partial charge on any atom is 0.228 e. The number of piperazine rings is 1. The zero-order valence-electron chi connectivity index (χ0n) is 19.6.